The Balaban J connectivity index is 0.000000195. The number of rotatable bonds is 2. The minimum absolute atomic E-state index is 0.112. The molecule has 184 valence electrons. The first-order chi connectivity index (χ1) is 16.3. The van der Waals surface area contributed by atoms with Crippen LogP contribution in [0, 0.1) is 5.92 Å². The van der Waals surface area contributed by atoms with Gasteiger partial charge in [-0.15, -0.1) is 0 Å². The van der Waals surface area contributed by atoms with Crippen LogP contribution < -0.4 is 5.73 Å². The van der Waals surface area contributed by atoms with Crippen LogP contribution in [0.2, 0.25) is 0 Å². The minimum atomic E-state index is -4.33. The number of aliphatic hydroxyl groups excluding tert-OH is 1. The predicted octanol–water partition coefficient (Wildman–Crippen LogP) is 4.01. The summed E-state index contributed by atoms with van der Waals surface area (Å²) in [5, 5.41) is 8.56. The van der Waals surface area contributed by atoms with Crippen LogP contribution in [0.1, 0.15) is 59.2 Å². The zero-order valence-electron chi connectivity index (χ0n) is 19.0. The van der Waals surface area contributed by atoms with Crippen molar-refractivity contribution >= 4 is 11.7 Å². The van der Waals surface area contributed by atoms with E-state index in [1.807, 2.05) is 0 Å². The van der Waals surface area contributed by atoms with Crippen molar-refractivity contribution in [2.24, 2.45) is 5.92 Å². The second-order valence-electron chi connectivity index (χ2n) is 9.05. The number of fused-ring (bicyclic) bond motifs is 3. The zero-order valence-corrected chi connectivity index (χ0v) is 19.0. The van der Waals surface area contributed by atoms with E-state index in [-0.39, 0.29) is 18.1 Å². The number of piperidine rings is 1. The van der Waals surface area contributed by atoms with Crippen molar-refractivity contribution in [3.05, 3.63) is 57.8 Å². The monoisotopic (exact) mass is 477 g/mol. The molecule has 1 amide bonds. The maximum atomic E-state index is 12.8. The number of aryl methyl sites for hydroxylation is 1. The van der Waals surface area contributed by atoms with Crippen molar-refractivity contribution in [3.63, 3.8) is 0 Å². The lowest BCUT2D eigenvalue weighted by Crippen LogP contribution is -2.41. The smallest absolute Gasteiger partial charge is 0.392 e. The van der Waals surface area contributed by atoms with E-state index in [0.717, 1.165) is 68.6 Å². The van der Waals surface area contributed by atoms with Gasteiger partial charge in [0.25, 0.3) is 0 Å². The second kappa shape index (κ2) is 10.3. The van der Waals surface area contributed by atoms with Crippen LogP contribution in [0.3, 0.4) is 0 Å². The molecule has 0 spiro atoms. The molecular weight excluding hydrogens is 447 g/mol. The van der Waals surface area contributed by atoms with E-state index in [2.05, 4.69) is 9.88 Å². The molecule has 1 fully saturated rings. The third kappa shape index (κ3) is 5.36. The quantitative estimate of drug-likeness (QED) is 0.683. The number of alkyl halides is 3. The fourth-order valence-electron chi connectivity index (χ4n) is 4.92. The van der Waals surface area contributed by atoms with Crippen molar-refractivity contribution in [1.29, 1.82) is 0 Å². The highest BCUT2D eigenvalue weighted by Gasteiger charge is 2.33. The Kier molecular flexibility index (Phi) is 7.42. The zero-order chi connectivity index (χ0) is 24.3. The van der Waals surface area contributed by atoms with E-state index in [0.29, 0.717) is 24.9 Å². The number of likely N-dealkylation sites (tertiary alicyclic amines) is 1. The van der Waals surface area contributed by atoms with Crippen molar-refractivity contribution in [2.45, 2.75) is 64.5 Å². The van der Waals surface area contributed by atoms with Crippen LogP contribution in [0.4, 0.5) is 19.0 Å². The molecule has 2 aromatic rings. The Morgan fingerprint density at radius 3 is 2.59 bits per heavy atom. The van der Waals surface area contributed by atoms with Crippen molar-refractivity contribution in [3.8, 4) is 0 Å². The lowest BCUT2D eigenvalue weighted by molar-refractivity contribution is -0.138. The van der Waals surface area contributed by atoms with Crippen molar-refractivity contribution < 1.29 is 27.8 Å². The highest BCUT2D eigenvalue weighted by molar-refractivity contribution is 5.79. The van der Waals surface area contributed by atoms with E-state index < -0.39 is 11.7 Å². The summed E-state index contributed by atoms with van der Waals surface area (Å²) in [7, 11) is 0. The van der Waals surface area contributed by atoms with Gasteiger partial charge < -0.3 is 20.5 Å². The summed E-state index contributed by atoms with van der Waals surface area (Å²) in [5.41, 5.74) is 10.2. The molecule has 0 saturated carbocycles. The Morgan fingerprint density at radius 1 is 1.15 bits per heavy atom. The number of carbonyl (C=O) groups is 1. The van der Waals surface area contributed by atoms with Crippen LogP contribution >= 0.6 is 0 Å². The molecule has 3 heterocycles. The van der Waals surface area contributed by atoms with Gasteiger partial charge in [-0.3, -0.25) is 4.79 Å². The normalized spacial score (nSPS) is 19.6. The number of hydrogen-bond acceptors (Lipinski definition) is 5. The first kappa shape index (κ1) is 24.5. The number of amides is 1. The van der Waals surface area contributed by atoms with Crippen LogP contribution in [0.5, 0.6) is 0 Å². The first-order valence-corrected chi connectivity index (χ1v) is 11.7. The van der Waals surface area contributed by atoms with Gasteiger partial charge in [-0.25, -0.2) is 4.98 Å². The molecule has 3 N–H and O–H groups in total. The summed E-state index contributed by atoms with van der Waals surface area (Å²) < 4.78 is 41.6. The second-order valence-corrected chi connectivity index (χ2v) is 9.05. The number of nitrogens with zero attached hydrogens (tertiary/aromatic N) is 2. The molecular formula is C25H30F3N3O3. The summed E-state index contributed by atoms with van der Waals surface area (Å²) in [6, 6.07) is 4.61. The molecule has 1 aliphatic carbocycles. The summed E-state index contributed by atoms with van der Waals surface area (Å²) >= 11 is 0. The molecule has 34 heavy (non-hydrogen) atoms. The van der Waals surface area contributed by atoms with Gasteiger partial charge in [0.05, 0.1) is 25.4 Å². The SMILES string of the molecule is Nc1nc2c(c3c1COC3)CC(C(=O)N1CCCCC1)CC2.OCc1cccc(C(F)(F)F)c1. The van der Waals surface area contributed by atoms with E-state index in [1.165, 1.54) is 29.7 Å². The Labute approximate surface area is 196 Å². The number of nitrogen functional groups attached to an aromatic ring is 1. The molecule has 3 aliphatic rings. The standard InChI is InChI=1S/C17H23N3O2.C8H7F3O/c18-16-14-10-22-9-13(14)12-8-11(4-5-15(12)19-16)17(21)20-6-2-1-3-7-20;9-8(10,11)7-3-1-2-6(4-7)5-12/h11H,1-10H2,(H2,18,19);1-4,12H,5H2. The van der Waals surface area contributed by atoms with Gasteiger partial charge in [-0.2, -0.15) is 13.2 Å². The number of hydrogen-bond donors (Lipinski definition) is 2. The lowest BCUT2D eigenvalue weighted by Gasteiger charge is -2.33. The van der Waals surface area contributed by atoms with Gasteiger partial charge in [0, 0.05) is 30.3 Å². The molecule has 5 rings (SSSR count). The highest BCUT2D eigenvalue weighted by Crippen LogP contribution is 2.35. The summed E-state index contributed by atoms with van der Waals surface area (Å²) in [5.74, 6) is 1.07. The topological polar surface area (TPSA) is 88.7 Å². The van der Waals surface area contributed by atoms with Gasteiger partial charge >= 0.3 is 6.18 Å². The van der Waals surface area contributed by atoms with Crippen LogP contribution in [0.15, 0.2) is 24.3 Å². The summed E-state index contributed by atoms with van der Waals surface area (Å²) in [6.45, 7) is 2.68. The maximum absolute atomic E-state index is 12.8. The lowest BCUT2D eigenvalue weighted by atomic mass is 9.82. The fraction of sp³-hybridized carbons (Fsp3) is 0.520. The number of aromatic nitrogens is 1. The van der Waals surface area contributed by atoms with Gasteiger partial charge in [0.1, 0.15) is 5.82 Å². The Morgan fingerprint density at radius 2 is 1.88 bits per heavy atom. The highest BCUT2D eigenvalue weighted by atomic mass is 19.4. The Bertz CT molecular complexity index is 1040. The van der Waals surface area contributed by atoms with Crippen LogP contribution in [-0.2, 0) is 48.4 Å². The first-order valence-electron chi connectivity index (χ1n) is 11.7. The predicted molar refractivity (Wildman–Crippen MR) is 120 cm³/mol. The van der Waals surface area contributed by atoms with E-state index >= 15 is 0 Å². The average molecular weight is 478 g/mol. The summed E-state index contributed by atoms with van der Waals surface area (Å²) in [4.78, 5) is 19.4. The third-order valence-corrected chi connectivity index (χ3v) is 6.77. The molecule has 1 aromatic carbocycles. The number of halogens is 3. The van der Waals surface area contributed by atoms with Gasteiger partial charge in [-0.05, 0) is 67.3 Å². The van der Waals surface area contributed by atoms with Crippen LogP contribution in [0.25, 0.3) is 0 Å². The molecule has 1 aromatic heterocycles. The van der Waals surface area contributed by atoms with E-state index in [4.69, 9.17) is 15.6 Å². The number of nitrogens with two attached hydrogens (primary N) is 1. The largest absolute Gasteiger partial charge is 0.416 e. The van der Waals surface area contributed by atoms with E-state index in [9.17, 15) is 18.0 Å². The maximum Gasteiger partial charge on any atom is 0.416 e. The van der Waals surface area contributed by atoms with Crippen molar-refractivity contribution in [2.75, 3.05) is 18.8 Å². The van der Waals surface area contributed by atoms with Gasteiger partial charge in [-0.1, -0.05) is 12.1 Å². The van der Waals surface area contributed by atoms with Gasteiger partial charge in [0.15, 0.2) is 0 Å². The molecule has 6 nitrogen and oxygen atoms in total. The minimum Gasteiger partial charge on any atom is -0.392 e. The number of aliphatic hydroxyl groups is 1. The number of ether oxygens (including phenoxy) is 1. The average Bonchev–Trinajstić information content (AvgIpc) is 3.35. The number of anilines is 1. The molecule has 1 unspecified atom stereocenters. The van der Waals surface area contributed by atoms with E-state index in [1.54, 1.807) is 0 Å². The molecule has 1 atom stereocenters. The molecule has 9 heteroatoms. The molecule has 0 bridgehead atoms. The van der Waals surface area contributed by atoms with Crippen LogP contribution in [-0.4, -0.2) is 34.0 Å². The Hall–Kier alpha value is -2.65. The summed E-state index contributed by atoms with van der Waals surface area (Å²) in [6.07, 6.45) is 1.79. The van der Waals surface area contributed by atoms with Gasteiger partial charge in [0.2, 0.25) is 5.91 Å². The number of benzene rings is 1. The fourth-order valence-corrected chi connectivity index (χ4v) is 4.92. The molecule has 1 saturated heterocycles. The van der Waals surface area contributed by atoms with Crippen molar-refractivity contribution in [1.82, 2.24) is 9.88 Å². The third-order valence-electron chi connectivity index (χ3n) is 6.77. The number of pyridine rings is 1. The molecule has 2 aliphatic heterocycles. The molecule has 0 radical (unpaired) electrons. The number of carbonyl (C=O) groups excluding carboxylic acids is 1.